The Kier molecular flexibility index (Phi) is 3.18. The number of rotatable bonds is 2. The average Bonchev–Trinajstić information content (AvgIpc) is 2.35. The minimum absolute atomic E-state index is 0.0498. The van der Waals surface area contributed by atoms with E-state index in [1.54, 1.807) is 0 Å². The first-order valence-electron chi connectivity index (χ1n) is 5.29. The molecule has 4 heteroatoms. The van der Waals surface area contributed by atoms with Crippen molar-refractivity contribution in [1.29, 1.82) is 5.26 Å². The second kappa shape index (κ2) is 4.77. The van der Waals surface area contributed by atoms with Gasteiger partial charge in [-0.15, -0.1) is 0 Å². The standard InChI is InChI=1S/C12H13N3O/c13-4-6-15-12(16)10-2-1-9-3-5-14-8-11(9)7-10/h1-2,7,14H,3,5-6,8H2,(H,15,16). The van der Waals surface area contributed by atoms with Crippen LogP contribution in [0.15, 0.2) is 18.2 Å². The Hall–Kier alpha value is -1.86. The highest BCUT2D eigenvalue weighted by molar-refractivity contribution is 5.94. The van der Waals surface area contributed by atoms with Crippen molar-refractivity contribution < 1.29 is 4.79 Å². The molecule has 0 aliphatic carbocycles. The fourth-order valence-corrected chi connectivity index (χ4v) is 1.84. The molecular weight excluding hydrogens is 202 g/mol. The lowest BCUT2D eigenvalue weighted by molar-refractivity contribution is 0.0958. The molecule has 1 aliphatic rings. The van der Waals surface area contributed by atoms with E-state index in [-0.39, 0.29) is 12.5 Å². The summed E-state index contributed by atoms with van der Waals surface area (Å²) in [5.74, 6) is -0.185. The van der Waals surface area contributed by atoms with Crippen LogP contribution >= 0.6 is 0 Å². The summed E-state index contributed by atoms with van der Waals surface area (Å²) in [6.07, 6.45) is 1.01. The van der Waals surface area contributed by atoms with Gasteiger partial charge in [0.15, 0.2) is 0 Å². The lowest BCUT2D eigenvalue weighted by Gasteiger charge is -2.17. The summed E-state index contributed by atoms with van der Waals surface area (Å²) in [7, 11) is 0. The Morgan fingerprint density at radius 1 is 1.50 bits per heavy atom. The van der Waals surface area contributed by atoms with Crippen molar-refractivity contribution in [2.24, 2.45) is 0 Å². The van der Waals surface area contributed by atoms with Gasteiger partial charge < -0.3 is 10.6 Å². The third kappa shape index (κ3) is 2.20. The molecule has 16 heavy (non-hydrogen) atoms. The third-order valence-corrected chi connectivity index (χ3v) is 2.68. The lowest BCUT2D eigenvalue weighted by Crippen LogP contribution is -2.26. The number of fused-ring (bicyclic) bond motifs is 1. The van der Waals surface area contributed by atoms with Crippen LogP contribution in [0.3, 0.4) is 0 Å². The molecule has 1 heterocycles. The molecule has 0 saturated heterocycles. The number of nitriles is 1. The van der Waals surface area contributed by atoms with Crippen LogP contribution in [0.1, 0.15) is 21.5 Å². The second-order valence-electron chi connectivity index (χ2n) is 3.75. The zero-order valence-electron chi connectivity index (χ0n) is 8.92. The number of benzene rings is 1. The maximum Gasteiger partial charge on any atom is 0.252 e. The smallest absolute Gasteiger partial charge is 0.252 e. The minimum Gasteiger partial charge on any atom is -0.339 e. The topological polar surface area (TPSA) is 64.9 Å². The van der Waals surface area contributed by atoms with Gasteiger partial charge in [-0.25, -0.2) is 0 Å². The quantitative estimate of drug-likeness (QED) is 0.709. The van der Waals surface area contributed by atoms with E-state index in [0.717, 1.165) is 19.5 Å². The van der Waals surface area contributed by atoms with Crippen LogP contribution in [-0.4, -0.2) is 19.0 Å². The molecule has 82 valence electrons. The molecule has 0 unspecified atom stereocenters. The molecular formula is C12H13N3O. The maximum atomic E-state index is 11.6. The van der Waals surface area contributed by atoms with Crippen molar-refractivity contribution in [3.8, 4) is 6.07 Å². The number of nitrogens with zero attached hydrogens (tertiary/aromatic N) is 1. The highest BCUT2D eigenvalue weighted by atomic mass is 16.1. The molecule has 1 aromatic carbocycles. The van der Waals surface area contributed by atoms with E-state index >= 15 is 0 Å². The van der Waals surface area contributed by atoms with E-state index in [9.17, 15) is 4.79 Å². The van der Waals surface area contributed by atoms with Crippen LogP contribution in [0.25, 0.3) is 0 Å². The SMILES string of the molecule is N#CCNC(=O)c1ccc2c(c1)CNCC2. The molecule has 4 nitrogen and oxygen atoms in total. The molecule has 0 spiro atoms. The average molecular weight is 215 g/mol. The molecule has 1 amide bonds. The minimum atomic E-state index is -0.185. The summed E-state index contributed by atoms with van der Waals surface area (Å²) in [4.78, 5) is 11.6. The van der Waals surface area contributed by atoms with E-state index in [0.29, 0.717) is 5.56 Å². The van der Waals surface area contributed by atoms with Gasteiger partial charge in [-0.3, -0.25) is 4.79 Å². The largest absolute Gasteiger partial charge is 0.339 e. The van der Waals surface area contributed by atoms with Crippen molar-refractivity contribution in [1.82, 2.24) is 10.6 Å². The number of hydrogen-bond acceptors (Lipinski definition) is 3. The zero-order valence-corrected chi connectivity index (χ0v) is 8.92. The number of hydrogen-bond donors (Lipinski definition) is 2. The Morgan fingerprint density at radius 3 is 3.19 bits per heavy atom. The normalized spacial score (nSPS) is 13.7. The molecule has 0 atom stereocenters. The first-order chi connectivity index (χ1) is 7.81. The number of amides is 1. The van der Waals surface area contributed by atoms with E-state index in [1.807, 2.05) is 24.3 Å². The van der Waals surface area contributed by atoms with Crippen molar-refractivity contribution in [2.75, 3.05) is 13.1 Å². The molecule has 0 aromatic heterocycles. The van der Waals surface area contributed by atoms with Gasteiger partial charge in [0, 0.05) is 12.1 Å². The summed E-state index contributed by atoms with van der Waals surface area (Å²) in [5.41, 5.74) is 3.10. The third-order valence-electron chi connectivity index (χ3n) is 2.68. The van der Waals surface area contributed by atoms with Crippen LogP contribution in [0.4, 0.5) is 0 Å². The molecule has 0 fully saturated rings. The van der Waals surface area contributed by atoms with Gasteiger partial charge in [0.25, 0.3) is 5.91 Å². The number of carbonyl (C=O) groups excluding carboxylic acids is 1. The van der Waals surface area contributed by atoms with Gasteiger partial charge in [0.05, 0.1) is 6.07 Å². The first-order valence-corrected chi connectivity index (χ1v) is 5.29. The van der Waals surface area contributed by atoms with E-state index in [4.69, 9.17) is 5.26 Å². The van der Waals surface area contributed by atoms with E-state index in [2.05, 4.69) is 10.6 Å². The fourth-order valence-electron chi connectivity index (χ4n) is 1.84. The zero-order chi connectivity index (χ0) is 11.4. The van der Waals surface area contributed by atoms with Crippen LogP contribution < -0.4 is 10.6 Å². The van der Waals surface area contributed by atoms with E-state index in [1.165, 1.54) is 11.1 Å². The molecule has 1 aliphatic heterocycles. The Labute approximate surface area is 94.3 Å². The van der Waals surface area contributed by atoms with Gasteiger partial charge in [-0.05, 0) is 36.2 Å². The van der Waals surface area contributed by atoms with Crippen molar-refractivity contribution in [3.05, 3.63) is 34.9 Å². The fraction of sp³-hybridized carbons (Fsp3) is 0.333. The summed E-state index contributed by atoms with van der Waals surface area (Å²) in [5, 5.41) is 14.2. The molecule has 2 rings (SSSR count). The van der Waals surface area contributed by atoms with Gasteiger partial charge in [0.1, 0.15) is 6.54 Å². The van der Waals surface area contributed by atoms with E-state index < -0.39 is 0 Å². The summed E-state index contributed by atoms with van der Waals surface area (Å²) in [6, 6.07) is 7.60. The predicted molar refractivity (Wildman–Crippen MR) is 59.8 cm³/mol. The Bertz CT molecular complexity index is 448. The van der Waals surface area contributed by atoms with Crippen molar-refractivity contribution in [2.45, 2.75) is 13.0 Å². The van der Waals surface area contributed by atoms with Gasteiger partial charge in [-0.1, -0.05) is 6.07 Å². The van der Waals surface area contributed by atoms with Crippen LogP contribution in [0.2, 0.25) is 0 Å². The highest BCUT2D eigenvalue weighted by Gasteiger charge is 2.11. The highest BCUT2D eigenvalue weighted by Crippen LogP contribution is 2.15. The Morgan fingerprint density at radius 2 is 2.38 bits per heavy atom. The summed E-state index contributed by atoms with van der Waals surface area (Å²) in [6.45, 7) is 1.86. The van der Waals surface area contributed by atoms with Crippen LogP contribution in [0, 0.1) is 11.3 Å². The van der Waals surface area contributed by atoms with Gasteiger partial charge in [0.2, 0.25) is 0 Å². The molecule has 2 N–H and O–H groups in total. The van der Waals surface area contributed by atoms with Gasteiger partial charge >= 0.3 is 0 Å². The van der Waals surface area contributed by atoms with Gasteiger partial charge in [-0.2, -0.15) is 5.26 Å². The monoisotopic (exact) mass is 215 g/mol. The number of nitrogens with one attached hydrogen (secondary N) is 2. The van der Waals surface area contributed by atoms with Crippen molar-refractivity contribution in [3.63, 3.8) is 0 Å². The van der Waals surface area contributed by atoms with Crippen LogP contribution in [0.5, 0.6) is 0 Å². The summed E-state index contributed by atoms with van der Waals surface area (Å²) >= 11 is 0. The molecule has 0 saturated carbocycles. The lowest BCUT2D eigenvalue weighted by atomic mass is 9.98. The Balaban J connectivity index is 2.17. The summed E-state index contributed by atoms with van der Waals surface area (Å²) < 4.78 is 0. The molecule has 1 aromatic rings. The maximum absolute atomic E-state index is 11.6. The number of carbonyl (C=O) groups is 1. The van der Waals surface area contributed by atoms with Crippen molar-refractivity contribution >= 4 is 5.91 Å². The molecule has 0 radical (unpaired) electrons. The predicted octanol–water partition coefficient (Wildman–Crippen LogP) is 0.586. The van der Waals surface area contributed by atoms with Crippen LogP contribution in [-0.2, 0) is 13.0 Å². The second-order valence-corrected chi connectivity index (χ2v) is 3.75. The molecule has 0 bridgehead atoms. The first kappa shape index (κ1) is 10.7.